The first-order valence-electron chi connectivity index (χ1n) is 11.2. The van der Waals surface area contributed by atoms with E-state index in [9.17, 15) is 9.90 Å². The number of allylic oxidation sites excluding steroid dienone is 1. The summed E-state index contributed by atoms with van der Waals surface area (Å²) in [6.45, 7) is 13.7. The van der Waals surface area contributed by atoms with E-state index < -0.39 is 28.5 Å². The number of hydrogen-bond donors (Lipinski definition) is 1. The van der Waals surface area contributed by atoms with Crippen LogP contribution in [-0.2, 0) is 14.0 Å². The van der Waals surface area contributed by atoms with Crippen molar-refractivity contribution in [3.05, 3.63) is 72.8 Å². The predicted octanol–water partition coefficient (Wildman–Crippen LogP) is 4.93. The molecule has 0 saturated carbocycles. The number of hydrogen-bond acceptors (Lipinski definition) is 3. The number of carboxylic acids is 1. The number of carboxylic acid groups (broad SMARTS) is 1. The Morgan fingerprint density at radius 2 is 1.44 bits per heavy atom. The normalized spacial score (nSPS) is 13.9. The van der Waals surface area contributed by atoms with Crippen LogP contribution >= 0.6 is 0 Å². The zero-order valence-corrected chi connectivity index (χ0v) is 22.3. The van der Waals surface area contributed by atoms with Gasteiger partial charge in [-0.1, -0.05) is 113 Å². The zero-order chi connectivity index (χ0) is 23.8. The van der Waals surface area contributed by atoms with Crippen molar-refractivity contribution in [2.75, 3.05) is 13.2 Å². The first-order valence-corrected chi connectivity index (χ1v) is 16.8. The van der Waals surface area contributed by atoms with Crippen LogP contribution in [0.1, 0.15) is 20.8 Å². The molecule has 0 aliphatic rings. The van der Waals surface area contributed by atoms with Crippen molar-refractivity contribution in [2.24, 2.45) is 0 Å². The second-order valence-electron chi connectivity index (χ2n) is 10.4. The summed E-state index contributed by atoms with van der Waals surface area (Å²) < 4.78 is 12.4. The molecule has 0 aliphatic heterocycles. The Balaban J connectivity index is 2.30. The van der Waals surface area contributed by atoms with Crippen LogP contribution in [0, 0.1) is 0 Å². The minimum Gasteiger partial charge on any atom is -0.479 e. The highest BCUT2D eigenvalue weighted by Gasteiger charge is 2.50. The zero-order valence-electron chi connectivity index (χ0n) is 20.3. The molecule has 6 heteroatoms. The van der Waals surface area contributed by atoms with Gasteiger partial charge in [0.1, 0.15) is 0 Å². The number of carbonyl (C=O) groups is 1. The van der Waals surface area contributed by atoms with E-state index >= 15 is 0 Å². The summed E-state index contributed by atoms with van der Waals surface area (Å²) in [5.74, 6) is -0.999. The highest BCUT2D eigenvalue weighted by Crippen LogP contribution is 2.36. The molecule has 2 rings (SSSR count). The first-order chi connectivity index (χ1) is 15.0. The SMILES string of the molecule is CC(C)(C)[Si](OC[C@H](OC/C=C\C[Si](C)(C)C)C(=O)O)(c1ccccc1)c1ccccc1. The van der Waals surface area contributed by atoms with Gasteiger partial charge in [-0.25, -0.2) is 4.79 Å². The third kappa shape index (κ3) is 7.00. The standard InChI is InChI=1S/C26H38O4Si2/c1-26(2,3)32(22-15-9-7-10-16-22,23-17-11-8-12-18-23)30-21-24(25(27)28)29-19-13-14-20-31(4,5)6/h7-18,24H,19-21H2,1-6H3,(H,27,28)/b14-13-/t24-/m0/s1. The summed E-state index contributed by atoms with van der Waals surface area (Å²) in [6.07, 6.45) is 3.01. The quantitative estimate of drug-likeness (QED) is 0.374. The van der Waals surface area contributed by atoms with Gasteiger partial charge in [-0.05, 0) is 21.5 Å². The fourth-order valence-electron chi connectivity index (χ4n) is 3.83. The molecule has 32 heavy (non-hydrogen) atoms. The van der Waals surface area contributed by atoms with Crippen molar-refractivity contribution < 1.29 is 19.1 Å². The summed E-state index contributed by atoms with van der Waals surface area (Å²) in [4.78, 5) is 12.0. The number of aliphatic carboxylic acids is 1. The molecule has 1 atom stereocenters. The Morgan fingerprint density at radius 1 is 0.938 bits per heavy atom. The molecule has 0 amide bonds. The maximum absolute atomic E-state index is 12.0. The van der Waals surface area contributed by atoms with E-state index in [0.717, 1.165) is 16.4 Å². The van der Waals surface area contributed by atoms with Gasteiger partial charge in [0.25, 0.3) is 8.32 Å². The maximum Gasteiger partial charge on any atom is 0.335 e. The monoisotopic (exact) mass is 470 g/mol. The molecule has 1 N–H and O–H groups in total. The lowest BCUT2D eigenvalue weighted by Crippen LogP contribution is -2.67. The van der Waals surface area contributed by atoms with Gasteiger partial charge in [-0.3, -0.25) is 0 Å². The molecular formula is C26H38O4Si2. The molecule has 0 unspecified atom stereocenters. The molecule has 2 aromatic carbocycles. The smallest absolute Gasteiger partial charge is 0.335 e. The van der Waals surface area contributed by atoms with Crippen LogP contribution in [0.3, 0.4) is 0 Å². The van der Waals surface area contributed by atoms with Crippen LogP contribution in [-0.4, -0.2) is 46.8 Å². The van der Waals surface area contributed by atoms with Crippen molar-refractivity contribution in [2.45, 2.75) is 57.6 Å². The fraction of sp³-hybridized carbons (Fsp3) is 0.423. The van der Waals surface area contributed by atoms with Gasteiger partial charge >= 0.3 is 5.97 Å². The van der Waals surface area contributed by atoms with Gasteiger partial charge in [0.15, 0.2) is 6.10 Å². The highest BCUT2D eigenvalue weighted by atomic mass is 28.4. The van der Waals surface area contributed by atoms with Gasteiger partial charge in [0.05, 0.1) is 13.2 Å². The van der Waals surface area contributed by atoms with E-state index in [1.165, 1.54) is 0 Å². The summed E-state index contributed by atoms with van der Waals surface area (Å²) in [6, 6.07) is 21.5. The minimum atomic E-state index is -2.79. The fourth-order valence-corrected chi connectivity index (χ4v) is 9.26. The Bertz CT molecular complexity index is 829. The van der Waals surface area contributed by atoms with Crippen LogP contribution in [0.4, 0.5) is 0 Å². The van der Waals surface area contributed by atoms with Crippen molar-refractivity contribution in [1.29, 1.82) is 0 Å². The van der Waals surface area contributed by atoms with Crippen molar-refractivity contribution >= 4 is 32.7 Å². The summed E-state index contributed by atoms with van der Waals surface area (Å²) in [5.41, 5.74) is 0. The van der Waals surface area contributed by atoms with E-state index in [1.54, 1.807) is 0 Å². The average Bonchev–Trinajstić information content (AvgIpc) is 2.72. The third-order valence-electron chi connectivity index (χ3n) is 5.43. The molecule has 174 valence electrons. The number of benzene rings is 2. The van der Waals surface area contributed by atoms with E-state index in [2.05, 4.69) is 70.8 Å². The van der Waals surface area contributed by atoms with Gasteiger partial charge < -0.3 is 14.3 Å². The third-order valence-corrected chi connectivity index (χ3v) is 11.9. The molecule has 0 aromatic heterocycles. The predicted molar refractivity (Wildman–Crippen MR) is 138 cm³/mol. The van der Waals surface area contributed by atoms with Gasteiger partial charge in [0.2, 0.25) is 0 Å². The summed E-state index contributed by atoms with van der Waals surface area (Å²) in [7, 11) is -3.96. The van der Waals surface area contributed by atoms with E-state index in [-0.39, 0.29) is 18.3 Å². The largest absolute Gasteiger partial charge is 0.479 e. The molecule has 2 aromatic rings. The van der Waals surface area contributed by atoms with Crippen LogP contribution in [0.15, 0.2) is 72.8 Å². The highest BCUT2D eigenvalue weighted by molar-refractivity contribution is 6.99. The summed E-state index contributed by atoms with van der Waals surface area (Å²) >= 11 is 0. The van der Waals surface area contributed by atoms with E-state index in [0.29, 0.717) is 0 Å². The van der Waals surface area contributed by atoms with Crippen molar-refractivity contribution in [1.82, 2.24) is 0 Å². The topological polar surface area (TPSA) is 55.8 Å². The lowest BCUT2D eigenvalue weighted by Gasteiger charge is -2.43. The Morgan fingerprint density at radius 3 is 1.84 bits per heavy atom. The molecule has 0 radical (unpaired) electrons. The Labute approximate surface area is 195 Å². The maximum atomic E-state index is 12.0. The van der Waals surface area contributed by atoms with Crippen LogP contribution in [0.5, 0.6) is 0 Å². The molecule has 4 nitrogen and oxygen atoms in total. The molecule has 0 fully saturated rings. The lowest BCUT2D eigenvalue weighted by atomic mass is 10.2. The molecule has 0 heterocycles. The molecular weight excluding hydrogens is 432 g/mol. The second kappa shape index (κ2) is 11.2. The average molecular weight is 471 g/mol. The summed E-state index contributed by atoms with van der Waals surface area (Å²) in [5, 5.41) is 11.8. The minimum absolute atomic E-state index is 0.00444. The van der Waals surface area contributed by atoms with Gasteiger partial charge in [-0.2, -0.15) is 0 Å². The van der Waals surface area contributed by atoms with Crippen LogP contribution in [0.2, 0.25) is 30.7 Å². The number of ether oxygens (including phenoxy) is 1. The molecule has 0 bridgehead atoms. The molecule has 0 aliphatic carbocycles. The lowest BCUT2D eigenvalue weighted by molar-refractivity contribution is -0.151. The van der Waals surface area contributed by atoms with Crippen LogP contribution < -0.4 is 10.4 Å². The molecule has 0 saturated heterocycles. The second-order valence-corrected chi connectivity index (χ2v) is 20.2. The van der Waals surface area contributed by atoms with Crippen molar-refractivity contribution in [3.63, 3.8) is 0 Å². The van der Waals surface area contributed by atoms with E-state index in [1.807, 2.05) is 42.5 Å². The van der Waals surface area contributed by atoms with Gasteiger partial charge in [0, 0.05) is 8.07 Å². The Hall–Kier alpha value is -2.00. The number of rotatable bonds is 11. The Kier molecular flexibility index (Phi) is 9.21. The van der Waals surface area contributed by atoms with Crippen molar-refractivity contribution in [3.8, 4) is 0 Å². The van der Waals surface area contributed by atoms with Gasteiger partial charge in [-0.15, -0.1) is 0 Å². The van der Waals surface area contributed by atoms with Crippen LogP contribution in [0.25, 0.3) is 0 Å². The molecule has 0 spiro atoms. The van der Waals surface area contributed by atoms with E-state index in [4.69, 9.17) is 9.16 Å². The first kappa shape index (κ1) is 26.3.